The number of benzene rings is 2. The predicted molar refractivity (Wildman–Crippen MR) is 98.7 cm³/mol. The lowest BCUT2D eigenvalue weighted by Gasteiger charge is -2.08. The van der Waals surface area contributed by atoms with Gasteiger partial charge in [0, 0.05) is 11.6 Å². The Labute approximate surface area is 150 Å². The number of hydrogen-bond donors (Lipinski definition) is 4. The minimum absolute atomic E-state index is 0.150. The predicted octanol–water partition coefficient (Wildman–Crippen LogP) is 2.25. The van der Waals surface area contributed by atoms with Crippen LogP contribution in [0.5, 0.6) is 11.5 Å². The highest BCUT2D eigenvalue weighted by Gasteiger charge is 2.01. The number of carbonyl (C=O) groups excluding carboxylic acids is 1. The molecule has 0 spiro atoms. The molecule has 0 aliphatic carbocycles. The number of hydrogen-bond acceptors (Lipinski definition) is 5. The van der Waals surface area contributed by atoms with Crippen molar-refractivity contribution in [3.8, 4) is 11.5 Å². The van der Waals surface area contributed by atoms with Gasteiger partial charge >= 0.3 is 0 Å². The lowest BCUT2D eigenvalue weighted by Crippen LogP contribution is -2.26. The average Bonchev–Trinajstić information content (AvgIpc) is 2.63. The molecule has 6 nitrogen and oxygen atoms in total. The van der Waals surface area contributed by atoms with Crippen molar-refractivity contribution in [2.45, 2.75) is 0 Å². The number of nitrogens with one attached hydrogen (secondary N) is 2. The summed E-state index contributed by atoms with van der Waals surface area (Å²) in [5.41, 5.74) is 3.33. The van der Waals surface area contributed by atoms with Crippen LogP contribution in [-0.2, 0) is 4.79 Å². The van der Waals surface area contributed by atoms with Gasteiger partial charge in [-0.25, -0.2) is 0 Å². The molecule has 0 aliphatic heterocycles. The zero-order valence-electron chi connectivity index (χ0n) is 13.3. The summed E-state index contributed by atoms with van der Waals surface area (Å²) in [7, 11) is 0. The Bertz CT molecular complexity index is 760. The third-order valence-electron chi connectivity index (χ3n) is 3.19. The van der Waals surface area contributed by atoms with E-state index in [1.165, 1.54) is 6.08 Å². The van der Waals surface area contributed by atoms with Gasteiger partial charge in [0.15, 0.2) is 0 Å². The van der Waals surface area contributed by atoms with Crippen molar-refractivity contribution in [2.75, 3.05) is 13.2 Å². The molecule has 0 radical (unpaired) electrons. The summed E-state index contributed by atoms with van der Waals surface area (Å²) >= 11 is 4.90. The van der Waals surface area contributed by atoms with Crippen molar-refractivity contribution in [1.82, 2.24) is 10.8 Å². The van der Waals surface area contributed by atoms with Gasteiger partial charge in [-0.15, -0.1) is 0 Å². The Balaban J connectivity index is 1.71. The Hall–Kier alpha value is -2.90. The Kier molecular flexibility index (Phi) is 6.94. The molecule has 1 amide bonds. The summed E-state index contributed by atoms with van der Waals surface area (Å²) in [5, 5.41) is 20.8. The molecule has 2 aromatic carbocycles. The van der Waals surface area contributed by atoms with Gasteiger partial charge in [0.05, 0.1) is 6.54 Å². The van der Waals surface area contributed by atoms with E-state index in [0.29, 0.717) is 24.5 Å². The molecule has 0 fully saturated rings. The molecule has 2 aromatic rings. The van der Waals surface area contributed by atoms with Crippen LogP contribution >= 0.6 is 12.2 Å². The lowest BCUT2D eigenvalue weighted by molar-refractivity contribution is -0.116. The van der Waals surface area contributed by atoms with Crippen molar-refractivity contribution in [3.63, 3.8) is 0 Å². The van der Waals surface area contributed by atoms with E-state index >= 15 is 0 Å². The van der Waals surface area contributed by atoms with Crippen LogP contribution in [0.2, 0.25) is 0 Å². The van der Waals surface area contributed by atoms with E-state index in [-0.39, 0.29) is 16.6 Å². The van der Waals surface area contributed by atoms with Crippen molar-refractivity contribution in [3.05, 3.63) is 65.7 Å². The first-order valence-corrected chi connectivity index (χ1v) is 7.91. The highest BCUT2D eigenvalue weighted by Crippen LogP contribution is 2.13. The molecular weight excluding hydrogens is 340 g/mol. The van der Waals surface area contributed by atoms with E-state index in [2.05, 4.69) is 5.32 Å². The largest absolute Gasteiger partial charge is 0.508 e. The summed E-state index contributed by atoms with van der Waals surface area (Å²) in [5.74, 6) is 0.535. The maximum absolute atomic E-state index is 11.7. The molecule has 0 bridgehead atoms. The van der Waals surface area contributed by atoms with Gasteiger partial charge < -0.3 is 15.2 Å². The average molecular weight is 358 g/mol. The van der Waals surface area contributed by atoms with Gasteiger partial charge in [0.25, 0.3) is 0 Å². The fraction of sp³-hybridized carbons (Fsp3) is 0.111. The SMILES string of the molecule is O=C(C=Cc1cccc(O)c1)NCCOc1ccc(C(=S)NO)cc1. The maximum Gasteiger partial charge on any atom is 0.244 e. The number of phenolic OH excluding ortho intramolecular Hbond substituents is 1. The zero-order valence-corrected chi connectivity index (χ0v) is 14.1. The Morgan fingerprint density at radius 3 is 2.64 bits per heavy atom. The summed E-state index contributed by atoms with van der Waals surface area (Å²) in [6.07, 6.45) is 3.01. The fourth-order valence-electron chi connectivity index (χ4n) is 1.97. The first-order chi connectivity index (χ1) is 12.1. The molecule has 25 heavy (non-hydrogen) atoms. The van der Waals surface area contributed by atoms with Crippen LogP contribution < -0.4 is 15.5 Å². The molecule has 0 saturated heterocycles. The molecule has 0 aromatic heterocycles. The van der Waals surface area contributed by atoms with Crippen LogP contribution in [0, 0.1) is 0 Å². The Morgan fingerprint density at radius 1 is 1.20 bits per heavy atom. The minimum atomic E-state index is -0.248. The van der Waals surface area contributed by atoms with E-state index in [4.69, 9.17) is 22.2 Å². The molecule has 0 unspecified atom stereocenters. The molecular formula is C18H18N2O4S. The summed E-state index contributed by atoms with van der Waals surface area (Å²) in [6, 6.07) is 13.5. The smallest absolute Gasteiger partial charge is 0.244 e. The van der Waals surface area contributed by atoms with Gasteiger partial charge in [-0.2, -0.15) is 0 Å². The monoisotopic (exact) mass is 358 g/mol. The number of phenols is 1. The number of amides is 1. The first kappa shape index (κ1) is 18.4. The van der Waals surface area contributed by atoms with Crippen LogP contribution in [-0.4, -0.2) is 34.4 Å². The van der Waals surface area contributed by atoms with Gasteiger partial charge in [0.1, 0.15) is 23.1 Å². The Morgan fingerprint density at radius 2 is 1.96 bits per heavy atom. The third kappa shape index (κ3) is 6.25. The van der Waals surface area contributed by atoms with Gasteiger partial charge in [-0.3, -0.25) is 15.5 Å². The molecule has 0 atom stereocenters. The number of carbonyl (C=O) groups is 1. The second-order valence-electron chi connectivity index (χ2n) is 5.03. The standard InChI is InChI=1S/C18H18N2O4S/c21-15-3-1-2-13(12-15)4-9-17(22)19-10-11-24-16-7-5-14(6-8-16)18(25)20-23/h1-9,12,21,23H,10-11H2,(H,19,22)(H,20,25). The fourth-order valence-corrected chi connectivity index (χ4v) is 2.11. The van der Waals surface area contributed by atoms with Crippen molar-refractivity contribution < 1.29 is 19.8 Å². The number of thiocarbonyl (C=S) groups is 1. The van der Waals surface area contributed by atoms with Crippen LogP contribution in [0.25, 0.3) is 6.08 Å². The molecule has 0 aliphatic rings. The van der Waals surface area contributed by atoms with E-state index in [1.54, 1.807) is 54.6 Å². The zero-order chi connectivity index (χ0) is 18.1. The van der Waals surface area contributed by atoms with E-state index in [0.717, 1.165) is 5.56 Å². The van der Waals surface area contributed by atoms with Crippen molar-refractivity contribution in [2.24, 2.45) is 0 Å². The summed E-state index contributed by atoms with van der Waals surface area (Å²) in [6.45, 7) is 0.662. The van der Waals surface area contributed by atoms with Gasteiger partial charge in [-0.1, -0.05) is 24.4 Å². The molecule has 4 N–H and O–H groups in total. The van der Waals surface area contributed by atoms with Gasteiger partial charge in [0.2, 0.25) is 5.91 Å². The maximum atomic E-state index is 11.7. The normalized spacial score (nSPS) is 10.4. The van der Waals surface area contributed by atoms with Crippen LogP contribution in [0.4, 0.5) is 0 Å². The molecule has 7 heteroatoms. The van der Waals surface area contributed by atoms with Crippen LogP contribution in [0.1, 0.15) is 11.1 Å². The van der Waals surface area contributed by atoms with Crippen LogP contribution in [0.3, 0.4) is 0 Å². The molecule has 2 rings (SSSR count). The number of hydroxylamine groups is 1. The second-order valence-corrected chi connectivity index (χ2v) is 5.44. The van der Waals surface area contributed by atoms with Crippen LogP contribution in [0.15, 0.2) is 54.6 Å². The molecule has 130 valence electrons. The van der Waals surface area contributed by atoms with Gasteiger partial charge in [-0.05, 0) is 48.0 Å². The highest BCUT2D eigenvalue weighted by atomic mass is 32.1. The second kappa shape index (κ2) is 9.41. The number of rotatable bonds is 7. The molecule has 0 heterocycles. The summed E-state index contributed by atoms with van der Waals surface area (Å²) in [4.78, 5) is 11.9. The first-order valence-electron chi connectivity index (χ1n) is 7.51. The lowest BCUT2D eigenvalue weighted by atomic mass is 10.2. The topological polar surface area (TPSA) is 90.8 Å². The highest BCUT2D eigenvalue weighted by molar-refractivity contribution is 7.80. The molecule has 0 saturated carbocycles. The third-order valence-corrected chi connectivity index (χ3v) is 3.51. The van der Waals surface area contributed by atoms with Crippen molar-refractivity contribution in [1.29, 1.82) is 0 Å². The van der Waals surface area contributed by atoms with Crippen molar-refractivity contribution >= 4 is 29.2 Å². The minimum Gasteiger partial charge on any atom is -0.508 e. The van der Waals surface area contributed by atoms with E-state index in [1.807, 2.05) is 5.48 Å². The van der Waals surface area contributed by atoms with E-state index < -0.39 is 0 Å². The number of aromatic hydroxyl groups is 1. The quantitative estimate of drug-likeness (QED) is 0.263. The number of ether oxygens (including phenoxy) is 1. The summed E-state index contributed by atoms with van der Waals surface area (Å²) < 4.78 is 5.51. The van der Waals surface area contributed by atoms with E-state index in [9.17, 15) is 9.90 Å².